The minimum atomic E-state index is -0.344. The molecule has 3 nitrogen and oxygen atoms in total. The summed E-state index contributed by atoms with van der Waals surface area (Å²) in [5, 5.41) is 1.11. The Kier molecular flexibility index (Phi) is 3.14. The number of nitrogens with zero attached hydrogens (tertiary/aromatic N) is 2. The molecule has 3 rings (SSSR count). The van der Waals surface area contributed by atoms with Crippen molar-refractivity contribution >= 4 is 11.0 Å². The van der Waals surface area contributed by atoms with Crippen LogP contribution in [0.2, 0.25) is 0 Å². The number of rotatable bonds is 3. The summed E-state index contributed by atoms with van der Waals surface area (Å²) in [5.41, 5.74) is 3.05. The van der Waals surface area contributed by atoms with Crippen LogP contribution in [-0.2, 0) is 6.54 Å². The highest BCUT2D eigenvalue weighted by molar-refractivity contribution is 5.77. The fraction of sp³-hybridized carbons (Fsp3) is 0.188. The number of aryl methyl sites for hydroxylation is 1. The Balaban J connectivity index is 2.03. The van der Waals surface area contributed by atoms with E-state index in [1.807, 2.05) is 19.1 Å². The molecule has 0 fully saturated rings. The molecule has 1 aromatic carbocycles. The quantitative estimate of drug-likeness (QED) is 0.728. The maximum absolute atomic E-state index is 13.4. The molecule has 3 aromatic rings. The number of halogens is 1. The molecular weight excluding hydrogens is 255 g/mol. The first kappa shape index (κ1) is 12.7. The van der Waals surface area contributed by atoms with Crippen LogP contribution in [-0.4, -0.2) is 16.7 Å². The molecule has 0 spiro atoms. The van der Waals surface area contributed by atoms with Crippen LogP contribution in [0, 0.1) is 12.7 Å². The summed E-state index contributed by atoms with van der Waals surface area (Å²) in [4.78, 5) is 4.42. The largest absolute Gasteiger partial charge is 0.494 e. The lowest BCUT2D eigenvalue weighted by molar-refractivity contribution is 0.386. The molecule has 20 heavy (non-hydrogen) atoms. The Hall–Kier alpha value is -2.36. The Morgan fingerprint density at radius 1 is 1.25 bits per heavy atom. The minimum Gasteiger partial charge on any atom is -0.494 e. The van der Waals surface area contributed by atoms with E-state index in [1.54, 1.807) is 18.3 Å². The van der Waals surface area contributed by atoms with Crippen molar-refractivity contribution in [1.29, 1.82) is 0 Å². The maximum atomic E-state index is 13.4. The van der Waals surface area contributed by atoms with Crippen molar-refractivity contribution in [2.75, 3.05) is 7.11 Å². The number of aromatic nitrogens is 2. The van der Waals surface area contributed by atoms with Gasteiger partial charge in [0, 0.05) is 23.8 Å². The second-order valence-corrected chi connectivity index (χ2v) is 4.76. The van der Waals surface area contributed by atoms with E-state index < -0.39 is 0 Å². The SMILES string of the molecule is COc1cc(Cn2c(C)cc3cccnc32)ccc1F. The van der Waals surface area contributed by atoms with Gasteiger partial charge in [-0.2, -0.15) is 0 Å². The molecule has 0 bridgehead atoms. The highest BCUT2D eigenvalue weighted by Gasteiger charge is 2.09. The van der Waals surface area contributed by atoms with Crippen LogP contribution in [0.15, 0.2) is 42.6 Å². The third kappa shape index (κ3) is 2.13. The second kappa shape index (κ2) is 4.96. The highest BCUT2D eigenvalue weighted by atomic mass is 19.1. The summed E-state index contributed by atoms with van der Waals surface area (Å²) in [6, 6.07) is 11.0. The molecule has 0 aliphatic heterocycles. The van der Waals surface area contributed by atoms with Gasteiger partial charge in [-0.05, 0) is 42.8 Å². The van der Waals surface area contributed by atoms with Crippen LogP contribution in [0.4, 0.5) is 4.39 Å². The van der Waals surface area contributed by atoms with Gasteiger partial charge in [-0.3, -0.25) is 0 Å². The fourth-order valence-corrected chi connectivity index (χ4v) is 2.40. The van der Waals surface area contributed by atoms with Gasteiger partial charge >= 0.3 is 0 Å². The van der Waals surface area contributed by atoms with Gasteiger partial charge in [0.1, 0.15) is 5.65 Å². The van der Waals surface area contributed by atoms with Gasteiger partial charge in [-0.25, -0.2) is 9.37 Å². The van der Waals surface area contributed by atoms with Crippen molar-refractivity contribution in [3.8, 4) is 5.75 Å². The van der Waals surface area contributed by atoms with Crippen molar-refractivity contribution in [3.63, 3.8) is 0 Å². The van der Waals surface area contributed by atoms with Gasteiger partial charge in [0.2, 0.25) is 0 Å². The third-order valence-electron chi connectivity index (χ3n) is 3.42. The van der Waals surface area contributed by atoms with Crippen molar-refractivity contribution in [2.45, 2.75) is 13.5 Å². The first-order valence-electron chi connectivity index (χ1n) is 6.42. The Labute approximate surface area is 116 Å². The van der Waals surface area contributed by atoms with E-state index in [0.29, 0.717) is 6.54 Å². The summed E-state index contributed by atoms with van der Waals surface area (Å²) >= 11 is 0. The fourth-order valence-electron chi connectivity index (χ4n) is 2.40. The summed E-state index contributed by atoms with van der Waals surface area (Å²) < 4.78 is 20.6. The lowest BCUT2D eigenvalue weighted by Crippen LogP contribution is -2.03. The average molecular weight is 270 g/mol. The van der Waals surface area contributed by atoms with Crippen molar-refractivity contribution < 1.29 is 9.13 Å². The zero-order chi connectivity index (χ0) is 14.1. The van der Waals surface area contributed by atoms with Gasteiger partial charge in [0.05, 0.1) is 7.11 Å². The zero-order valence-corrected chi connectivity index (χ0v) is 11.4. The van der Waals surface area contributed by atoms with E-state index in [4.69, 9.17) is 4.74 Å². The Bertz CT molecular complexity index is 764. The van der Waals surface area contributed by atoms with Crippen LogP contribution < -0.4 is 4.74 Å². The molecule has 0 amide bonds. The maximum Gasteiger partial charge on any atom is 0.165 e. The van der Waals surface area contributed by atoms with Crippen LogP contribution in [0.25, 0.3) is 11.0 Å². The Morgan fingerprint density at radius 2 is 2.10 bits per heavy atom. The van der Waals surface area contributed by atoms with Crippen molar-refractivity contribution in [3.05, 3.63) is 59.7 Å². The molecular formula is C16H15FN2O. The lowest BCUT2D eigenvalue weighted by Gasteiger charge is -2.09. The van der Waals surface area contributed by atoms with Crippen LogP contribution in [0.1, 0.15) is 11.3 Å². The normalized spacial score (nSPS) is 10.9. The van der Waals surface area contributed by atoms with Gasteiger partial charge in [0.25, 0.3) is 0 Å². The second-order valence-electron chi connectivity index (χ2n) is 4.76. The molecule has 0 saturated heterocycles. The topological polar surface area (TPSA) is 27.1 Å². The van der Waals surface area contributed by atoms with E-state index >= 15 is 0 Å². The van der Waals surface area contributed by atoms with E-state index in [9.17, 15) is 4.39 Å². The molecule has 0 unspecified atom stereocenters. The third-order valence-corrected chi connectivity index (χ3v) is 3.42. The number of hydrogen-bond donors (Lipinski definition) is 0. The zero-order valence-electron chi connectivity index (χ0n) is 11.4. The number of methoxy groups -OCH3 is 1. The Morgan fingerprint density at radius 3 is 2.90 bits per heavy atom. The minimum absolute atomic E-state index is 0.268. The molecule has 102 valence electrons. The van der Waals surface area contributed by atoms with E-state index in [-0.39, 0.29) is 11.6 Å². The summed E-state index contributed by atoms with van der Waals surface area (Å²) in [5.74, 6) is -0.0759. The number of ether oxygens (including phenoxy) is 1. The number of fused-ring (bicyclic) bond motifs is 1. The molecule has 0 aliphatic rings. The van der Waals surface area contributed by atoms with Gasteiger partial charge in [-0.1, -0.05) is 6.07 Å². The van der Waals surface area contributed by atoms with E-state index in [0.717, 1.165) is 22.3 Å². The predicted octanol–water partition coefficient (Wildman–Crippen LogP) is 3.54. The molecule has 0 radical (unpaired) electrons. The standard InChI is InChI=1S/C16H15FN2O/c1-11-8-13-4-3-7-18-16(13)19(11)10-12-5-6-14(17)15(9-12)20-2/h3-9H,10H2,1-2H3. The van der Waals surface area contributed by atoms with Crippen molar-refractivity contribution in [2.24, 2.45) is 0 Å². The molecule has 2 heterocycles. The summed E-state index contributed by atoms with van der Waals surface area (Å²) in [6.45, 7) is 2.69. The molecule has 0 atom stereocenters. The smallest absolute Gasteiger partial charge is 0.165 e. The van der Waals surface area contributed by atoms with Gasteiger partial charge in [0.15, 0.2) is 11.6 Å². The monoisotopic (exact) mass is 270 g/mol. The first-order chi connectivity index (χ1) is 9.69. The highest BCUT2D eigenvalue weighted by Crippen LogP contribution is 2.22. The van der Waals surface area contributed by atoms with Crippen molar-refractivity contribution in [1.82, 2.24) is 9.55 Å². The number of hydrogen-bond acceptors (Lipinski definition) is 2. The molecule has 0 aliphatic carbocycles. The summed E-state index contributed by atoms with van der Waals surface area (Å²) in [7, 11) is 1.47. The van der Waals surface area contributed by atoms with Crippen LogP contribution >= 0.6 is 0 Å². The van der Waals surface area contributed by atoms with E-state index in [1.165, 1.54) is 13.2 Å². The van der Waals surface area contributed by atoms with E-state index in [2.05, 4.69) is 15.6 Å². The van der Waals surface area contributed by atoms with Gasteiger partial charge < -0.3 is 9.30 Å². The van der Waals surface area contributed by atoms with Gasteiger partial charge in [-0.15, -0.1) is 0 Å². The molecule has 2 aromatic heterocycles. The summed E-state index contributed by atoms with van der Waals surface area (Å²) in [6.07, 6.45) is 1.78. The predicted molar refractivity (Wildman–Crippen MR) is 76.5 cm³/mol. The van der Waals surface area contributed by atoms with Crippen LogP contribution in [0.5, 0.6) is 5.75 Å². The number of benzene rings is 1. The molecule has 4 heteroatoms. The number of pyridine rings is 1. The lowest BCUT2D eigenvalue weighted by atomic mass is 10.2. The van der Waals surface area contributed by atoms with Crippen LogP contribution in [0.3, 0.4) is 0 Å². The average Bonchev–Trinajstić information content (AvgIpc) is 2.77. The molecule has 0 saturated carbocycles. The first-order valence-corrected chi connectivity index (χ1v) is 6.42. The molecule has 0 N–H and O–H groups in total.